The summed E-state index contributed by atoms with van der Waals surface area (Å²) in [5.41, 5.74) is 2.23. The number of carbonyl (C=O) groups excluding carboxylic acids is 1. The molecule has 0 radical (unpaired) electrons. The number of methoxy groups -OCH3 is 1. The number of aryl methyl sites for hydroxylation is 2. The molecule has 1 fully saturated rings. The molecule has 1 aromatic heterocycles. The SMILES string of the molecule is CCNC(=NCC(C)Cn1nc(C)cc1C)N1CC(C)C(C(=O)OC)C1. The first-order chi connectivity index (χ1) is 12.3. The molecule has 1 saturated heterocycles. The minimum absolute atomic E-state index is 0.0871. The zero-order chi connectivity index (χ0) is 19.3. The molecule has 1 aliphatic rings. The van der Waals surface area contributed by atoms with Crippen LogP contribution in [-0.2, 0) is 16.1 Å². The van der Waals surface area contributed by atoms with Crippen molar-refractivity contribution in [3.05, 3.63) is 17.5 Å². The summed E-state index contributed by atoms with van der Waals surface area (Å²) in [5, 5.41) is 7.89. The van der Waals surface area contributed by atoms with Crippen LogP contribution in [0.4, 0.5) is 0 Å². The second-order valence-corrected chi connectivity index (χ2v) is 7.42. The van der Waals surface area contributed by atoms with E-state index in [0.29, 0.717) is 19.0 Å². The number of hydrogen-bond donors (Lipinski definition) is 1. The molecule has 1 aliphatic heterocycles. The minimum atomic E-state index is -0.131. The van der Waals surface area contributed by atoms with E-state index in [9.17, 15) is 4.79 Å². The summed E-state index contributed by atoms with van der Waals surface area (Å²) in [5.74, 6) is 1.30. The molecular formula is C19H33N5O2. The third kappa shape index (κ3) is 4.99. The molecule has 2 rings (SSSR count). The lowest BCUT2D eigenvalue weighted by molar-refractivity contribution is -0.145. The standard InChI is InChI=1S/C19H33N5O2/c1-7-20-19(23-11-14(3)17(12-23)18(25)26-6)21-9-13(2)10-24-16(5)8-15(4)22-24/h8,13-14,17H,7,9-12H2,1-6H3,(H,20,21). The molecule has 7 nitrogen and oxygen atoms in total. The highest BCUT2D eigenvalue weighted by Gasteiger charge is 2.36. The predicted molar refractivity (Wildman–Crippen MR) is 103 cm³/mol. The second kappa shape index (κ2) is 9.05. The Labute approximate surface area is 156 Å². The first kappa shape index (κ1) is 20.3. The van der Waals surface area contributed by atoms with Crippen LogP contribution in [0.2, 0.25) is 0 Å². The summed E-state index contributed by atoms with van der Waals surface area (Å²) >= 11 is 0. The number of guanidine groups is 1. The zero-order valence-corrected chi connectivity index (χ0v) is 17.0. The molecule has 0 bridgehead atoms. The number of carbonyl (C=O) groups is 1. The van der Waals surface area contributed by atoms with E-state index in [1.165, 1.54) is 12.8 Å². The maximum Gasteiger partial charge on any atom is 0.310 e. The van der Waals surface area contributed by atoms with E-state index in [4.69, 9.17) is 9.73 Å². The highest BCUT2D eigenvalue weighted by molar-refractivity contribution is 5.82. The van der Waals surface area contributed by atoms with Crippen molar-refractivity contribution in [3.8, 4) is 0 Å². The number of aliphatic imine (C=N–C) groups is 1. The first-order valence-electron chi connectivity index (χ1n) is 9.47. The van der Waals surface area contributed by atoms with Crippen LogP contribution < -0.4 is 5.32 Å². The molecular weight excluding hydrogens is 330 g/mol. The van der Waals surface area contributed by atoms with Crippen molar-refractivity contribution < 1.29 is 9.53 Å². The van der Waals surface area contributed by atoms with Gasteiger partial charge in [0.15, 0.2) is 5.96 Å². The van der Waals surface area contributed by atoms with Crippen molar-refractivity contribution in [2.45, 2.75) is 41.2 Å². The summed E-state index contributed by atoms with van der Waals surface area (Å²) in [7, 11) is 1.46. The fraction of sp³-hybridized carbons (Fsp3) is 0.737. The lowest BCUT2D eigenvalue weighted by Crippen LogP contribution is -2.41. The lowest BCUT2D eigenvalue weighted by atomic mass is 9.99. The Balaban J connectivity index is 2.00. The van der Waals surface area contributed by atoms with Crippen LogP contribution in [0.1, 0.15) is 32.2 Å². The second-order valence-electron chi connectivity index (χ2n) is 7.42. The van der Waals surface area contributed by atoms with Crippen LogP contribution in [0.15, 0.2) is 11.1 Å². The maximum atomic E-state index is 11.9. The average Bonchev–Trinajstić information content (AvgIpc) is 3.12. The summed E-state index contributed by atoms with van der Waals surface area (Å²) < 4.78 is 6.98. The molecule has 146 valence electrons. The Morgan fingerprint density at radius 2 is 2.19 bits per heavy atom. The van der Waals surface area contributed by atoms with Crippen molar-refractivity contribution in [1.29, 1.82) is 0 Å². The van der Waals surface area contributed by atoms with Crippen LogP contribution >= 0.6 is 0 Å². The molecule has 0 spiro atoms. The molecule has 0 saturated carbocycles. The van der Waals surface area contributed by atoms with Gasteiger partial charge in [0.1, 0.15) is 0 Å². The number of hydrogen-bond acceptors (Lipinski definition) is 4. The number of aromatic nitrogens is 2. The minimum Gasteiger partial charge on any atom is -0.469 e. The molecule has 3 unspecified atom stereocenters. The number of esters is 1. The summed E-state index contributed by atoms with van der Waals surface area (Å²) in [6, 6.07) is 2.10. The molecule has 7 heteroatoms. The third-order valence-corrected chi connectivity index (χ3v) is 4.89. The molecule has 26 heavy (non-hydrogen) atoms. The first-order valence-corrected chi connectivity index (χ1v) is 9.47. The van der Waals surface area contributed by atoms with Crippen molar-refractivity contribution in [2.24, 2.45) is 22.7 Å². The Hall–Kier alpha value is -2.05. The van der Waals surface area contributed by atoms with Crippen LogP contribution in [-0.4, -0.2) is 59.9 Å². The van der Waals surface area contributed by atoms with E-state index in [2.05, 4.69) is 49.1 Å². The lowest BCUT2D eigenvalue weighted by Gasteiger charge is -2.22. The van der Waals surface area contributed by atoms with Crippen molar-refractivity contribution >= 4 is 11.9 Å². The molecule has 1 N–H and O–H groups in total. The number of nitrogens with one attached hydrogen (secondary N) is 1. The maximum absolute atomic E-state index is 11.9. The van der Waals surface area contributed by atoms with Crippen LogP contribution in [0.3, 0.4) is 0 Å². The van der Waals surface area contributed by atoms with Crippen LogP contribution in [0, 0.1) is 31.6 Å². The fourth-order valence-corrected chi connectivity index (χ4v) is 3.48. The monoisotopic (exact) mass is 363 g/mol. The van der Waals surface area contributed by atoms with E-state index in [1.807, 2.05) is 11.6 Å². The van der Waals surface area contributed by atoms with E-state index in [0.717, 1.165) is 31.3 Å². The number of likely N-dealkylation sites (tertiary alicyclic amines) is 1. The van der Waals surface area contributed by atoms with Crippen molar-refractivity contribution in [3.63, 3.8) is 0 Å². The summed E-state index contributed by atoms with van der Waals surface area (Å²) in [4.78, 5) is 18.9. The Bertz CT molecular complexity index is 640. The quantitative estimate of drug-likeness (QED) is 0.474. The van der Waals surface area contributed by atoms with E-state index in [1.54, 1.807) is 0 Å². The number of rotatable bonds is 6. The van der Waals surface area contributed by atoms with Gasteiger partial charge in [0.2, 0.25) is 0 Å². The molecule has 2 heterocycles. The van der Waals surface area contributed by atoms with Gasteiger partial charge in [-0.2, -0.15) is 5.10 Å². The van der Waals surface area contributed by atoms with Crippen molar-refractivity contribution in [2.75, 3.05) is 33.3 Å². The van der Waals surface area contributed by atoms with Gasteiger partial charge in [0, 0.05) is 38.4 Å². The van der Waals surface area contributed by atoms with Crippen LogP contribution in [0.25, 0.3) is 0 Å². The van der Waals surface area contributed by atoms with Gasteiger partial charge >= 0.3 is 5.97 Å². The van der Waals surface area contributed by atoms with E-state index in [-0.39, 0.29) is 17.8 Å². The van der Waals surface area contributed by atoms with Gasteiger partial charge < -0.3 is 15.0 Å². The summed E-state index contributed by atoms with van der Waals surface area (Å²) in [6.45, 7) is 14.3. The van der Waals surface area contributed by atoms with E-state index >= 15 is 0 Å². The van der Waals surface area contributed by atoms with Gasteiger partial charge in [-0.05, 0) is 38.7 Å². The van der Waals surface area contributed by atoms with Crippen molar-refractivity contribution in [1.82, 2.24) is 20.0 Å². The van der Waals surface area contributed by atoms with E-state index < -0.39 is 0 Å². The molecule has 3 atom stereocenters. The number of ether oxygens (including phenoxy) is 1. The molecule has 0 aliphatic carbocycles. The van der Waals surface area contributed by atoms with Crippen LogP contribution in [0.5, 0.6) is 0 Å². The molecule has 0 aromatic carbocycles. The smallest absolute Gasteiger partial charge is 0.310 e. The van der Waals surface area contributed by atoms with Gasteiger partial charge in [0.25, 0.3) is 0 Å². The number of nitrogens with zero attached hydrogens (tertiary/aromatic N) is 4. The molecule has 1 aromatic rings. The normalized spacial score (nSPS) is 21.8. The summed E-state index contributed by atoms with van der Waals surface area (Å²) in [6.07, 6.45) is 0. The largest absolute Gasteiger partial charge is 0.469 e. The van der Waals surface area contributed by atoms with Gasteiger partial charge in [-0.1, -0.05) is 13.8 Å². The van der Waals surface area contributed by atoms with Gasteiger partial charge in [-0.15, -0.1) is 0 Å². The predicted octanol–water partition coefficient (Wildman–Crippen LogP) is 1.84. The topological polar surface area (TPSA) is 71.8 Å². The Morgan fingerprint density at radius 3 is 2.77 bits per heavy atom. The zero-order valence-electron chi connectivity index (χ0n) is 17.0. The Kier molecular flexibility index (Phi) is 7.06. The fourth-order valence-electron chi connectivity index (χ4n) is 3.48. The van der Waals surface area contributed by atoms with Gasteiger partial charge in [0.05, 0.1) is 18.7 Å². The Morgan fingerprint density at radius 1 is 1.46 bits per heavy atom. The molecule has 0 amide bonds. The van der Waals surface area contributed by atoms with Gasteiger partial charge in [-0.3, -0.25) is 14.5 Å². The average molecular weight is 364 g/mol. The third-order valence-electron chi connectivity index (χ3n) is 4.89. The van der Waals surface area contributed by atoms with Gasteiger partial charge in [-0.25, -0.2) is 0 Å². The highest BCUT2D eigenvalue weighted by atomic mass is 16.5. The highest BCUT2D eigenvalue weighted by Crippen LogP contribution is 2.24.